The van der Waals surface area contributed by atoms with Crippen LogP contribution < -0.4 is 5.32 Å². The minimum absolute atomic E-state index is 0.0733. The van der Waals surface area contributed by atoms with E-state index in [2.05, 4.69) is 10.4 Å². The van der Waals surface area contributed by atoms with Gasteiger partial charge in [-0.05, 0) is 24.6 Å². The number of nitrogens with one attached hydrogen (secondary N) is 1. The lowest BCUT2D eigenvalue weighted by Crippen LogP contribution is -2.19. The lowest BCUT2D eigenvalue weighted by Gasteiger charge is -2.11. The van der Waals surface area contributed by atoms with Crippen LogP contribution in [0.5, 0.6) is 11.5 Å². The molecule has 0 saturated heterocycles. The van der Waals surface area contributed by atoms with Gasteiger partial charge in [-0.2, -0.15) is 5.10 Å². The summed E-state index contributed by atoms with van der Waals surface area (Å²) in [6.45, 7) is 2.28. The second-order valence-electron chi connectivity index (χ2n) is 5.48. The Kier molecular flexibility index (Phi) is 4.20. The average Bonchev–Trinajstić information content (AvgIpc) is 2.91. The van der Waals surface area contributed by atoms with Gasteiger partial charge < -0.3 is 15.5 Å². The largest absolute Gasteiger partial charge is 0.508 e. The third-order valence-corrected chi connectivity index (χ3v) is 3.64. The lowest BCUT2D eigenvalue weighted by molar-refractivity contribution is 0.101. The number of rotatable bonds is 4. The third-order valence-electron chi connectivity index (χ3n) is 3.64. The maximum Gasteiger partial charge on any atom is 0.274 e. The number of phenolic OH excluding ortho intramolecular Hbond substituents is 2. The monoisotopic (exact) mass is 323 g/mol. The summed E-state index contributed by atoms with van der Waals surface area (Å²) in [6, 6.07) is 13.7. The zero-order valence-electron chi connectivity index (χ0n) is 13.1. The molecule has 2 aromatic carbocycles. The Labute approximate surface area is 139 Å². The summed E-state index contributed by atoms with van der Waals surface area (Å²) >= 11 is 0. The highest BCUT2D eigenvalue weighted by molar-refractivity contribution is 6.04. The molecule has 1 heterocycles. The van der Waals surface area contributed by atoms with Crippen LogP contribution in [0.1, 0.15) is 21.6 Å². The Morgan fingerprint density at radius 2 is 1.92 bits per heavy atom. The van der Waals surface area contributed by atoms with E-state index in [9.17, 15) is 15.0 Å². The second-order valence-corrected chi connectivity index (χ2v) is 5.48. The van der Waals surface area contributed by atoms with E-state index >= 15 is 0 Å². The third kappa shape index (κ3) is 3.22. The first kappa shape index (κ1) is 15.6. The minimum Gasteiger partial charge on any atom is -0.508 e. The van der Waals surface area contributed by atoms with Gasteiger partial charge in [0.25, 0.3) is 5.91 Å². The van der Waals surface area contributed by atoms with E-state index in [1.54, 1.807) is 17.8 Å². The fourth-order valence-corrected chi connectivity index (χ4v) is 2.46. The van der Waals surface area contributed by atoms with E-state index in [1.165, 1.54) is 18.2 Å². The van der Waals surface area contributed by atoms with Crippen molar-refractivity contribution in [1.29, 1.82) is 0 Å². The fourth-order valence-electron chi connectivity index (χ4n) is 2.46. The summed E-state index contributed by atoms with van der Waals surface area (Å²) < 4.78 is 1.62. The van der Waals surface area contributed by atoms with Crippen LogP contribution in [0.25, 0.3) is 0 Å². The number of aryl methyl sites for hydroxylation is 1. The van der Waals surface area contributed by atoms with Gasteiger partial charge in [0, 0.05) is 11.6 Å². The molecule has 6 nitrogen and oxygen atoms in total. The van der Waals surface area contributed by atoms with Crippen molar-refractivity contribution in [1.82, 2.24) is 9.78 Å². The van der Waals surface area contributed by atoms with Gasteiger partial charge in [0.15, 0.2) is 0 Å². The predicted molar refractivity (Wildman–Crippen MR) is 90.2 cm³/mol. The van der Waals surface area contributed by atoms with Gasteiger partial charge >= 0.3 is 0 Å². The van der Waals surface area contributed by atoms with E-state index in [0.717, 1.165) is 11.1 Å². The topological polar surface area (TPSA) is 87.4 Å². The van der Waals surface area contributed by atoms with Crippen molar-refractivity contribution in [2.45, 2.75) is 13.5 Å². The maximum atomic E-state index is 12.6. The molecule has 24 heavy (non-hydrogen) atoms. The Balaban J connectivity index is 1.86. The summed E-state index contributed by atoms with van der Waals surface area (Å²) in [5.74, 6) is -0.646. The first-order valence-corrected chi connectivity index (χ1v) is 7.44. The average molecular weight is 323 g/mol. The highest BCUT2D eigenvalue weighted by Gasteiger charge is 2.17. The van der Waals surface area contributed by atoms with Crippen molar-refractivity contribution in [3.8, 4) is 11.5 Å². The molecule has 0 bridgehead atoms. The molecule has 0 aliphatic heterocycles. The Morgan fingerprint density at radius 1 is 1.17 bits per heavy atom. The molecule has 0 aliphatic rings. The Morgan fingerprint density at radius 3 is 2.62 bits per heavy atom. The number of anilines is 1. The predicted octanol–water partition coefficient (Wildman–Crippen LogP) is 2.90. The van der Waals surface area contributed by atoms with Gasteiger partial charge in [-0.25, -0.2) is 0 Å². The standard InChI is InChI=1S/C18H17N3O3/c1-12-10-19-21(11-13-5-3-2-4-6-13)17(12)18(24)20-15-8-7-14(22)9-16(15)23/h2-10,22-23H,11H2,1H3,(H,20,24). The maximum absolute atomic E-state index is 12.6. The first-order valence-electron chi connectivity index (χ1n) is 7.44. The van der Waals surface area contributed by atoms with Crippen molar-refractivity contribution in [2.24, 2.45) is 0 Å². The molecule has 0 atom stereocenters. The SMILES string of the molecule is Cc1cnn(Cc2ccccc2)c1C(=O)Nc1ccc(O)cc1O. The smallest absolute Gasteiger partial charge is 0.274 e. The van der Waals surface area contributed by atoms with Gasteiger partial charge in [-0.3, -0.25) is 9.48 Å². The zero-order valence-corrected chi connectivity index (χ0v) is 13.1. The van der Waals surface area contributed by atoms with E-state index in [1.807, 2.05) is 30.3 Å². The van der Waals surface area contributed by atoms with Crippen molar-refractivity contribution >= 4 is 11.6 Å². The molecule has 0 unspecified atom stereocenters. The first-order chi connectivity index (χ1) is 11.5. The number of carbonyl (C=O) groups is 1. The number of amides is 1. The molecule has 3 rings (SSSR count). The summed E-state index contributed by atoms with van der Waals surface area (Å²) in [5, 5.41) is 26.0. The molecule has 3 N–H and O–H groups in total. The highest BCUT2D eigenvalue weighted by atomic mass is 16.3. The number of carbonyl (C=O) groups excluding carboxylic acids is 1. The van der Waals surface area contributed by atoms with Crippen LogP contribution in [0.4, 0.5) is 5.69 Å². The normalized spacial score (nSPS) is 10.5. The number of aromatic hydroxyl groups is 2. The van der Waals surface area contributed by atoms with Crippen LogP contribution in [-0.4, -0.2) is 25.9 Å². The van der Waals surface area contributed by atoms with Crippen LogP contribution in [0.3, 0.4) is 0 Å². The van der Waals surface area contributed by atoms with Crippen LogP contribution in [0, 0.1) is 6.92 Å². The molecule has 0 radical (unpaired) electrons. The Bertz CT molecular complexity index is 872. The minimum atomic E-state index is -0.373. The van der Waals surface area contributed by atoms with Crippen molar-refractivity contribution in [2.75, 3.05) is 5.32 Å². The number of hydrogen-bond donors (Lipinski definition) is 3. The number of hydrogen-bond acceptors (Lipinski definition) is 4. The fraction of sp³-hybridized carbons (Fsp3) is 0.111. The van der Waals surface area contributed by atoms with E-state index in [0.29, 0.717) is 12.2 Å². The van der Waals surface area contributed by atoms with Gasteiger partial charge in [0.2, 0.25) is 0 Å². The molecule has 3 aromatic rings. The van der Waals surface area contributed by atoms with Crippen LogP contribution in [0.2, 0.25) is 0 Å². The summed E-state index contributed by atoms with van der Waals surface area (Å²) in [6.07, 6.45) is 1.63. The van der Waals surface area contributed by atoms with Crippen molar-refractivity contribution < 1.29 is 15.0 Å². The van der Waals surface area contributed by atoms with Gasteiger partial charge in [-0.15, -0.1) is 0 Å². The molecule has 6 heteroatoms. The molecular weight excluding hydrogens is 306 g/mol. The summed E-state index contributed by atoms with van der Waals surface area (Å²) in [4.78, 5) is 12.6. The number of nitrogens with zero attached hydrogens (tertiary/aromatic N) is 2. The zero-order chi connectivity index (χ0) is 17.1. The molecular formula is C18H17N3O3. The quantitative estimate of drug-likeness (QED) is 0.509. The number of benzene rings is 2. The van der Waals surface area contributed by atoms with Gasteiger partial charge in [0.05, 0.1) is 18.4 Å². The highest BCUT2D eigenvalue weighted by Crippen LogP contribution is 2.27. The molecule has 0 saturated carbocycles. The summed E-state index contributed by atoms with van der Waals surface area (Å²) in [7, 11) is 0. The summed E-state index contributed by atoms with van der Waals surface area (Å²) in [5.41, 5.74) is 2.42. The number of phenols is 2. The van der Waals surface area contributed by atoms with Gasteiger partial charge in [-0.1, -0.05) is 30.3 Å². The van der Waals surface area contributed by atoms with Crippen LogP contribution in [0.15, 0.2) is 54.7 Å². The van der Waals surface area contributed by atoms with Crippen molar-refractivity contribution in [3.63, 3.8) is 0 Å². The second kappa shape index (κ2) is 6.45. The Hall–Kier alpha value is -3.28. The molecule has 0 aliphatic carbocycles. The molecule has 1 amide bonds. The van der Waals surface area contributed by atoms with E-state index in [4.69, 9.17) is 0 Å². The molecule has 1 aromatic heterocycles. The molecule has 122 valence electrons. The van der Waals surface area contributed by atoms with Crippen LogP contribution >= 0.6 is 0 Å². The lowest BCUT2D eigenvalue weighted by atomic mass is 10.2. The van der Waals surface area contributed by atoms with Crippen LogP contribution in [-0.2, 0) is 6.54 Å². The van der Waals surface area contributed by atoms with E-state index in [-0.39, 0.29) is 23.1 Å². The number of aromatic nitrogens is 2. The molecule has 0 fully saturated rings. The van der Waals surface area contributed by atoms with E-state index < -0.39 is 0 Å². The van der Waals surface area contributed by atoms with Gasteiger partial charge in [0.1, 0.15) is 17.2 Å². The molecule has 0 spiro atoms. The van der Waals surface area contributed by atoms with Crippen molar-refractivity contribution in [3.05, 3.63) is 71.5 Å².